The van der Waals surface area contributed by atoms with Crippen LogP contribution in [-0.4, -0.2) is 0 Å². The molecule has 0 saturated carbocycles. The van der Waals surface area contributed by atoms with E-state index in [1.54, 1.807) is 0 Å². The fourth-order valence-corrected chi connectivity index (χ4v) is 0.992. The largest absolute Gasteiger partial charge is 0.464 e. The lowest BCUT2D eigenvalue weighted by atomic mass is 10.2. The highest BCUT2D eigenvalue weighted by molar-refractivity contribution is 5.77. The van der Waals surface area contributed by atoms with E-state index in [1.165, 1.54) is 6.26 Å². The number of furan rings is 1. The second-order valence-corrected chi connectivity index (χ2v) is 2.24. The van der Waals surface area contributed by atoms with Gasteiger partial charge in [0.25, 0.3) is 0 Å². The third-order valence-electron chi connectivity index (χ3n) is 1.55. The van der Waals surface area contributed by atoms with Crippen molar-refractivity contribution in [1.82, 2.24) is 0 Å². The Balaban J connectivity index is 2.79. The molecule has 1 radical (unpaired) electrons. The van der Waals surface area contributed by atoms with Gasteiger partial charge >= 0.3 is 0 Å². The van der Waals surface area contributed by atoms with Gasteiger partial charge in [-0.05, 0) is 18.2 Å². The maximum Gasteiger partial charge on any atom is 0.134 e. The van der Waals surface area contributed by atoms with E-state index in [4.69, 9.17) is 10.8 Å². The summed E-state index contributed by atoms with van der Waals surface area (Å²) in [5.41, 5.74) is 1.68. The van der Waals surface area contributed by atoms with Crippen molar-refractivity contribution in [3.8, 4) is 12.3 Å². The van der Waals surface area contributed by atoms with Crippen LogP contribution in [0.25, 0.3) is 11.0 Å². The Morgan fingerprint density at radius 2 is 2.36 bits per heavy atom. The molecule has 0 fully saturated rings. The van der Waals surface area contributed by atoms with Crippen LogP contribution in [-0.2, 0) is 0 Å². The highest BCUT2D eigenvalue weighted by atomic mass is 16.3. The molecule has 51 valence electrons. The monoisotopic (exact) mass is 141 g/mol. The molecule has 1 aromatic heterocycles. The number of terminal acetylenes is 1. The number of benzene rings is 1. The molecule has 2 rings (SSSR count). The van der Waals surface area contributed by atoms with Gasteiger partial charge in [-0.3, -0.25) is 0 Å². The molecule has 0 aliphatic heterocycles. The molecule has 0 atom stereocenters. The average molecular weight is 141 g/mol. The summed E-state index contributed by atoms with van der Waals surface area (Å²) in [4.78, 5) is 0. The highest BCUT2D eigenvalue weighted by Crippen LogP contribution is 2.15. The molecular formula is C10H5O. The molecule has 0 unspecified atom stereocenters. The Labute approximate surface area is 64.6 Å². The van der Waals surface area contributed by atoms with Crippen molar-refractivity contribution in [1.29, 1.82) is 0 Å². The Bertz CT molecular complexity index is 418. The van der Waals surface area contributed by atoms with Crippen LogP contribution in [0, 0.1) is 18.4 Å². The molecule has 11 heavy (non-hydrogen) atoms. The lowest BCUT2D eigenvalue weighted by Gasteiger charge is -1.88. The summed E-state index contributed by atoms with van der Waals surface area (Å²) in [5.74, 6) is 2.55. The summed E-state index contributed by atoms with van der Waals surface area (Å²) in [6.07, 6.45) is 6.75. The minimum Gasteiger partial charge on any atom is -0.464 e. The summed E-state index contributed by atoms with van der Waals surface area (Å²) in [6, 6.07) is 8.50. The summed E-state index contributed by atoms with van der Waals surface area (Å²) >= 11 is 0. The lowest BCUT2D eigenvalue weighted by molar-refractivity contribution is 0.615. The molecule has 0 amide bonds. The highest BCUT2D eigenvalue weighted by Gasteiger charge is 1.95. The molecule has 1 heterocycles. The predicted octanol–water partition coefficient (Wildman–Crippen LogP) is 2.21. The number of hydrogen-bond donors (Lipinski definition) is 0. The number of hydrogen-bond acceptors (Lipinski definition) is 1. The van der Waals surface area contributed by atoms with E-state index in [-0.39, 0.29) is 0 Å². The van der Waals surface area contributed by atoms with Gasteiger partial charge in [0.05, 0.1) is 6.26 Å². The number of rotatable bonds is 0. The van der Waals surface area contributed by atoms with Crippen LogP contribution >= 0.6 is 0 Å². The van der Waals surface area contributed by atoms with Crippen LogP contribution in [0.2, 0.25) is 0 Å². The first-order valence-corrected chi connectivity index (χ1v) is 3.26. The van der Waals surface area contributed by atoms with Crippen LogP contribution < -0.4 is 0 Å². The zero-order chi connectivity index (χ0) is 7.68. The first-order chi connectivity index (χ1) is 5.40. The van der Waals surface area contributed by atoms with E-state index >= 15 is 0 Å². The van der Waals surface area contributed by atoms with Crippen molar-refractivity contribution in [3.63, 3.8) is 0 Å². The first-order valence-electron chi connectivity index (χ1n) is 3.26. The molecule has 0 saturated heterocycles. The van der Waals surface area contributed by atoms with Gasteiger partial charge in [0.2, 0.25) is 0 Å². The smallest absolute Gasteiger partial charge is 0.134 e. The van der Waals surface area contributed by atoms with Crippen LogP contribution in [0.4, 0.5) is 0 Å². The second kappa shape index (κ2) is 2.17. The molecule has 1 aromatic carbocycles. The van der Waals surface area contributed by atoms with E-state index in [0.29, 0.717) is 0 Å². The normalized spacial score (nSPS) is 9.73. The zero-order valence-electron chi connectivity index (χ0n) is 5.79. The Hall–Kier alpha value is -1.68. The third kappa shape index (κ3) is 0.890. The van der Waals surface area contributed by atoms with Crippen molar-refractivity contribution in [2.45, 2.75) is 0 Å². The molecule has 0 bridgehead atoms. The number of fused-ring (bicyclic) bond motifs is 1. The quantitative estimate of drug-likeness (QED) is 0.512. The predicted molar refractivity (Wildman–Crippen MR) is 43.0 cm³/mol. The summed E-state index contributed by atoms with van der Waals surface area (Å²) in [6.45, 7) is 0. The molecule has 0 N–H and O–H groups in total. The van der Waals surface area contributed by atoms with Gasteiger partial charge in [0, 0.05) is 17.0 Å². The topological polar surface area (TPSA) is 13.1 Å². The van der Waals surface area contributed by atoms with E-state index < -0.39 is 0 Å². The Morgan fingerprint density at radius 1 is 1.45 bits per heavy atom. The third-order valence-corrected chi connectivity index (χ3v) is 1.55. The Morgan fingerprint density at radius 3 is 3.18 bits per heavy atom. The molecule has 0 aliphatic carbocycles. The van der Waals surface area contributed by atoms with Gasteiger partial charge in [-0.2, -0.15) is 0 Å². The maximum atomic E-state index is 5.22. The van der Waals surface area contributed by atoms with Crippen LogP contribution in [0.15, 0.2) is 28.9 Å². The fraction of sp³-hybridized carbons (Fsp3) is 0. The molecule has 1 heteroatoms. The summed E-state index contributed by atoms with van der Waals surface area (Å²) < 4.78 is 5.09. The first kappa shape index (κ1) is 6.06. The SMILES string of the molecule is C#Cc1ccc2oc[c]c2c1. The van der Waals surface area contributed by atoms with Gasteiger partial charge in [-0.25, -0.2) is 0 Å². The maximum absolute atomic E-state index is 5.22. The zero-order valence-corrected chi connectivity index (χ0v) is 5.79. The van der Waals surface area contributed by atoms with Crippen LogP contribution in [0.1, 0.15) is 5.56 Å². The lowest BCUT2D eigenvalue weighted by Crippen LogP contribution is -1.70. The van der Waals surface area contributed by atoms with Crippen LogP contribution in [0.5, 0.6) is 0 Å². The second-order valence-electron chi connectivity index (χ2n) is 2.24. The van der Waals surface area contributed by atoms with E-state index in [2.05, 4.69) is 12.0 Å². The minimum atomic E-state index is 0.823. The van der Waals surface area contributed by atoms with Crippen molar-refractivity contribution in [2.75, 3.05) is 0 Å². The molecule has 1 nitrogen and oxygen atoms in total. The standard InChI is InChI=1S/C10H5O/c1-2-8-3-4-10-9(7-8)5-6-11-10/h1,3-4,6-7H. The van der Waals surface area contributed by atoms with E-state index in [1.807, 2.05) is 18.2 Å². The van der Waals surface area contributed by atoms with Crippen LogP contribution in [0.3, 0.4) is 0 Å². The minimum absolute atomic E-state index is 0.823. The Kier molecular flexibility index (Phi) is 1.20. The van der Waals surface area contributed by atoms with Crippen molar-refractivity contribution < 1.29 is 4.42 Å². The summed E-state index contributed by atoms with van der Waals surface area (Å²) in [5, 5.41) is 0.931. The van der Waals surface area contributed by atoms with Gasteiger partial charge in [0.1, 0.15) is 5.58 Å². The fourth-order valence-electron chi connectivity index (χ4n) is 0.992. The summed E-state index contributed by atoms with van der Waals surface area (Å²) in [7, 11) is 0. The van der Waals surface area contributed by atoms with E-state index in [9.17, 15) is 0 Å². The van der Waals surface area contributed by atoms with Crippen molar-refractivity contribution in [3.05, 3.63) is 36.1 Å². The van der Waals surface area contributed by atoms with Gasteiger partial charge in [-0.1, -0.05) is 5.92 Å². The average Bonchev–Trinajstić information content (AvgIpc) is 2.50. The van der Waals surface area contributed by atoms with Gasteiger partial charge in [-0.15, -0.1) is 6.42 Å². The molecule has 0 aliphatic rings. The molecule has 2 aromatic rings. The van der Waals surface area contributed by atoms with Crippen molar-refractivity contribution in [2.24, 2.45) is 0 Å². The van der Waals surface area contributed by atoms with E-state index in [0.717, 1.165) is 16.5 Å². The van der Waals surface area contributed by atoms with Crippen molar-refractivity contribution >= 4 is 11.0 Å². The van der Waals surface area contributed by atoms with Gasteiger partial charge < -0.3 is 4.42 Å². The molecular weight excluding hydrogens is 136 g/mol. The molecule has 0 spiro atoms. The van der Waals surface area contributed by atoms with Gasteiger partial charge in [0.15, 0.2) is 0 Å².